The van der Waals surface area contributed by atoms with Gasteiger partial charge in [0.1, 0.15) is 0 Å². The summed E-state index contributed by atoms with van der Waals surface area (Å²) in [6, 6.07) is 15.7. The van der Waals surface area contributed by atoms with Gasteiger partial charge in [0.05, 0.1) is 17.9 Å². The van der Waals surface area contributed by atoms with Gasteiger partial charge < -0.3 is 4.74 Å². The highest BCUT2D eigenvalue weighted by atomic mass is 16.6. The van der Waals surface area contributed by atoms with Crippen molar-refractivity contribution in [3.8, 4) is 22.5 Å². The average molecular weight is 557 g/mol. The Balaban J connectivity index is 1.41. The number of carbonyl (C=O) groups excluding carboxylic acids is 2. The Bertz CT molecular complexity index is 1590. The van der Waals surface area contributed by atoms with Crippen LogP contribution >= 0.6 is 0 Å². The number of hydrogen-bond donors (Lipinski definition) is 1. The molecule has 0 amide bonds. The van der Waals surface area contributed by atoms with Crippen molar-refractivity contribution in [1.82, 2.24) is 30.0 Å². The van der Waals surface area contributed by atoms with E-state index < -0.39 is 17.4 Å². The van der Waals surface area contributed by atoms with Crippen LogP contribution in [0.5, 0.6) is 0 Å². The quantitative estimate of drug-likeness (QED) is 0.242. The number of aromatic nitrogens is 6. The minimum atomic E-state index is -0.772. The summed E-state index contributed by atoms with van der Waals surface area (Å²) in [6.45, 7) is 7.96. The van der Waals surface area contributed by atoms with Gasteiger partial charge in [-0.15, -0.1) is 10.2 Å². The lowest BCUT2D eigenvalue weighted by atomic mass is 9.96. The Morgan fingerprint density at radius 1 is 1.07 bits per heavy atom. The second-order valence-electron chi connectivity index (χ2n) is 11.6. The smallest absolute Gasteiger partial charge is 0.318 e. The highest BCUT2D eigenvalue weighted by molar-refractivity contribution is 5.88. The molecule has 2 aromatic carbocycles. The molecule has 1 unspecified atom stereocenters. The zero-order valence-electron chi connectivity index (χ0n) is 24.0. The average Bonchev–Trinajstić information content (AvgIpc) is 3.57. The first-order chi connectivity index (χ1) is 19.7. The lowest BCUT2D eigenvalue weighted by Gasteiger charge is -2.27. The fourth-order valence-corrected chi connectivity index (χ4v) is 5.45. The summed E-state index contributed by atoms with van der Waals surface area (Å²) in [7, 11) is 0. The van der Waals surface area contributed by atoms with Crippen molar-refractivity contribution in [2.75, 3.05) is 0 Å². The lowest BCUT2D eigenvalue weighted by Crippen LogP contribution is -2.35. The van der Waals surface area contributed by atoms with E-state index in [0.29, 0.717) is 18.7 Å². The van der Waals surface area contributed by atoms with E-state index in [-0.39, 0.29) is 18.0 Å². The van der Waals surface area contributed by atoms with E-state index in [1.165, 1.54) is 0 Å². The monoisotopic (exact) mass is 556 g/mol. The first kappa shape index (κ1) is 28.2. The third-order valence-electron chi connectivity index (χ3n) is 7.51. The Kier molecular flexibility index (Phi) is 8.01. The van der Waals surface area contributed by atoms with Crippen LogP contribution in [0.25, 0.3) is 22.5 Å². The number of nitrogens with zero attached hydrogens (tertiary/aromatic N) is 5. The molecule has 0 spiro atoms. The van der Waals surface area contributed by atoms with Crippen molar-refractivity contribution in [1.29, 1.82) is 0 Å². The number of carbonyl (C=O) groups is 2. The normalized spacial score (nSPS) is 15.0. The van der Waals surface area contributed by atoms with Gasteiger partial charge in [-0.3, -0.25) is 19.1 Å². The van der Waals surface area contributed by atoms with Crippen molar-refractivity contribution in [2.24, 2.45) is 5.41 Å². The van der Waals surface area contributed by atoms with Crippen LogP contribution in [0.1, 0.15) is 76.2 Å². The zero-order valence-corrected chi connectivity index (χ0v) is 24.0. The minimum Gasteiger partial charge on any atom is -0.393 e. The predicted octanol–water partition coefficient (Wildman–Crippen LogP) is 4.88. The maximum Gasteiger partial charge on any atom is 0.318 e. The number of ether oxygens (including phenoxy) is 1. The number of H-pyrrole nitrogens is 1. The second-order valence-corrected chi connectivity index (χ2v) is 11.6. The van der Waals surface area contributed by atoms with Crippen LogP contribution in [0.2, 0.25) is 0 Å². The molecule has 0 saturated carbocycles. The minimum absolute atomic E-state index is 0.00870. The highest BCUT2D eigenvalue weighted by Gasteiger charge is 2.32. The van der Waals surface area contributed by atoms with Crippen LogP contribution in [0.4, 0.5) is 0 Å². The second kappa shape index (κ2) is 11.6. The van der Waals surface area contributed by atoms with Gasteiger partial charge in [0.15, 0.2) is 0 Å². The van der Waals surface area contributed by atoms with Crippen molar-refractivity contribution in [3.63, 3.8) is 0 Å². The summed E-state index contributed by atoms with van der Waals surface area (Å²) in [6.07, 6.45) is 3.69. The molecule has 5 rings (SSSR count). The molecule has 1 N–H and O–H groups in total. The van der Waals surface area contributed by atoms with Crippen LogP contribution in [-0.4, -0.2) is 41.9 Å². The molecule has 0 aliphatic carbocycles. The number of fused-ring (bicyclic) bond motifs is 1. The molecule has 2 aromatic heterocycles. The van der Waals surface area contributed by atoms with Crippen LogP contribution in [0, 0.1) is 5.41 Å². The van der Waals surface area contributed by atoms with Gasteiger partial charge in [-0.25, -0.2) is 4.68 Å². The summed E-state index contributed by atoms with van der Waals surface area (Å²) in [5, 5.41) is 14.5. The third-order valence-corrected chi connectivity index (χ3v) is 7.51. The molecule has 3 heterocycles. The molecule has 0 saturated heterocycles. The summed E-state index contributed by atoms with van der Waals surface area (Å²) in [5.41, 5.74) is 4.85. The first-order valence-electron chi connectivity index (χ1n) is 14.2. The Morgan fingerprint density at radius 2 is 1.80 bits per heavy atom. The fraction of sp³-hybridized carbons (Fsp3) is 0.419. The van der Waals surface area contributed by atoms with E-state index >= 15 is 0 Å². The van der Waals surface area contributed by atoms with Gasteiger partial charge >= 0.3 is 11.9 Å². The van der Waals surface area contributed by atoms with Crippen LogP contribution in [0.15, 0.2) is 53.3 Å². The Labute approximate surface area is 238 Å². The van der Waals surface area contributed by atoms with Gasteiger partial charge in [-0.05, 0) is 61.9 Å². The van der Waals surface area contributed by atoms with Crippen molar-refractivity contribution < 1.29 is 14.3 Å². The fourth-order valence-electron chi connectivity index (χ4n) is 5.45. The van der Waals surface area contributed by atoms with Gasteiger partial charge in [-0.1, -0.05) is 61.9 Å². The number of aromatic amines is 1. The molecule has 1 atom stereocenters. The van der Waals surface area contributed by atoms with Gasteiger partial charge in [0.2, 0.25) is 5.82 Å². The van der Waals surface area contributed by atoms with Crippen molar-refractivity contribution >= 4 is 11.9 Å². The van der Waals surface area contributed by atoms with Crippen LogP contribution in [-0.2, 0) is 33.7 Å². The first-order valence-corrected chi connectivity index (χ1v) is 14.2. The van der Waals surface area contributed by atoms with E-state index in [1.807, 2.05) is 48.5 Å². The predicted molar refractivity (Wildman–Crippen MR) is 154 cm³/mol. The van der Waals surface area contributed by atoms with E-state index in [0.717, 1.165) is 59.3 Å². The number of hydrogen-bond acceptors (Lipinski definition) is 7. The molecule has 0 bridgehead atoms. The molecular weight excluding hydrogens is 520 g/mol. The molecule has 1 aliphatic heterocycles. The molecule has 0 radical (unpaired) electrons. The maximum atomic E-state index is 13.9. The standard InChI is InChI=1S/C31H36N6O4/c1-5-9-26-25(29(39)37-22(10-8-17-36(26)37)19-27(38)41-30(40)31(2,3)4)18-20-13-15-21(16-14-20)23-11-6-7-12-24(23)28-32-34-35-33-28/h6-7,11-16,22H,5,8-10,17-19H2,1-4H3,(H,32,33,34,35). The lowest BCUT2D eigenvalue weighted by molar-refractivity contribution is -0.166. The van der Waals surface area contributed by atoms with E-state index in [4.69, 9.17) is 4.74 Å². The summed E-state index contributed by atoms with van der Waals surface area (Å²) in [5.74, 6) is -0.619. The van der Waals surface area contributed by atoms with Gasteiger partial charge in [-0.2, -0.15) is 5.21 Å². The third kappa shape index (κ3) is 5.91. The summed E-state index contributed by atoms with van der Waals surface area (Å²) in [4.78, 5) is 38.8. The molecular formula is C31H36N6O4. The molecule has 10 nitrogen and oxygen atoms in total. The van der Waals surface area contributed by atoms with Crippen LogP contribution < -0.4 is 5.56 Å². The van der Waals surface area contributed by atoms with E-state index in [2.05, 4.69) is 32.2 Å². The van der Waals surface area contributed by atoms with E-state index in [9.17, 15) is 14.4 Å². The topological polar surface area (TPSA) is 125 Å². The molecule has 1 aliphatic rings. The number of benzene rings is 2. The summed E-state index contributed by atoms with van der Waals surface area (Å²) < 4.78 is 8.91. The number of rotatable bonds is 8. The Morgan fingerprint density at radius 3 is 2.46 bits per heavy atom. The number of tetrazole rings is 1. The van der Waals surface area contributed by atoms with Crippen LogP contribution in [0.3, 0.4) is 0 Å². The molecule has 0 fully saturated rings. The van der Waals surface area contributed by atoms with Gasteiger partial charge in [0, 0.05) is 29.8 Å². The SMILES string of the molecule is CCCc1c(Cc2ccc(-c3ccccc3-c3nn[nH]n3)cc2)c(=O)n2n1CCCC2CC(=O)OC(=O)C(C)(C)C. The van der Waals surface area contributed by atoms with Crippen molar-refractivity contribution in [3.05, 3.63) is 75.7 Å². The van der Waals surface area contributed by atoms with E-state index in [1.54, 1.807) is 25.5 Å². The molecule has 10 heteroatoms. The Hall–Kier alpha value is -4.34. The molecule has 214 valence electrons. The summed E-state index contributed by atoms with van der Waals surface area (Å²) >= 11 is 0. The molecule has 41 heavy (non-hydrogen) atoms. The number of esters is 2. The van der Waals surface area contributed by atoms with Crippen molar-refractivity contribution in [2.45, 2.75) is 78.8 Å². The highest BCUT2D eigenvalue weighted by Crippen LogP contribution is 2.31. The molecule has 4 aromatic rings. The largest absolute Gasteiger partial charge is 0.393 e. The maximum absolute atomic E-state index is 13.9. The zero-order chi connectivity index (χ0) is 29.1. The van der Waals surface area contributed by atoms with Gasteiger partial charge in [0.25, 0.3) is 5.56 Å². The number of nitrogens with one attached hydrogen (secondary N) is 1.